The van der Waals surface area contributed by atoms with Crippen LogP contribution in [0.1, 0.15) is 11.1 Å². The van der Waals surface area contributed by atoms with Crippen LogP contribution in [0.4, 0.5) is 5.69 Å². The monoisotopic (exact) mass is 284 g/mol. The van der Waals surface area contributed by atoms with E-state index in [1.165, 1.54) is 0 Å². The summed E-state index contributed by atoms with van der Waals surface area (Å²) in [4.78, 5) is 12.0. The molecule has 1 amide bonds. The molecule has 0 unspecified atom stereocenters. The number of ether oxygens (including phenoxy) is 1. The van der Waals surface area contributed by atoms with Gasteiger partial charge in [0.1, 0.15) is 5.75 Å². The van der Waals surface area contributed by atoms with E-state index in [1.807, 2.05) is 62.5 Å². The van der Waals surface area contributed by atoms with Gasteiger partial charge in [-0.25, -0.2) is 0 Å². The number of carbonyl (C=O) groups excluding carboxylic acids is 1. The fourth-order valence-electron chi connectivity index (χ4n) is 2.02. The van der Waals surface area contributed by atoms with Crippen LogP contribution in [0.3, 0.4) is 0 Å². The van der Waals surface area contributed by atoms with Crippen molar-refractivity contribution >= 4 is 11.6 Å². The van der Waals surface area contributed by atoms with Crippen molar-refractivity contribution < 1.29 is 9.53 Å². The number of hydrogen-bond donors (Lipinski definition) is 2. The fourth-order valence-corrected chi connectivity index (χ4v) is 2.02. The second-order valence-electron chi connectivity index (χ2n) is 4.79. The maximum Gasteiger partial charge on any atom is 0.262 e. The van der Waals surface area contributed by atoms with Gasteiger partial charge in [-0.05, 0) is 31.7 Å². The molecule has 0 aliphatic carbocycles. The van der Waals surface area contributed by atoms with Gasteiger partial charge in [-0.1, -0.05) is 36.4 Å². The Hall–Kier alpha value is -2.33. The van der Waals surface area contributed by atoms with Crippen molar-refractivity contribution in [2.24, 2.45) is 0 Å². The molecule has 0 atom stereocenters. The Labute approximate surface area is 125 Å². The van der Waals surface area contributed by atoms with Crippen molar-refractivity contribution in [3.63, 3.8) is 0 Å². The number of rotatable bonds is 6. The third-order valence-corrected chi connectivity index (χ3v) is 3.12. The largest absolute Gasteiger partial charge is 0.483 e. The highest BCUT2D eigenvalue weighted by molar-refractivity contribution is 5.92. The van der Waals surface area contributed by atoms with Crippen LogP contribution in [0.15, 0.2) is 48.5 Å². The Balaban J connectivity index is 1.94. The van der Waals surface area contributed by atoms with Crippen molar-refractivity contribution in [1.29, 1.82) is 0 Å². The molecule has 2 N–H and O–H groups in total. The lowest BCUT2D eigenvalue weighted by atomic mass is 10.2. The molecule has 0 spiro atoms. The van der Waals surface area contributed by atoms with Gasteiger partial charge in [-0.3, -0.25) is 4.79 Å². The summed E-state index contributed by atoms with van der Waals surface area (Å²) in [5.74, 6) is 0.565. The molecule has 0 radical (unpaired) electrons. The van der Waals surface area contributed by atoms with Crippen molar-refractivity contribution in [2.75, 3.05) is 19.0 Å². The molecule has 0 aliphatic heterocycles. The molecule has 0 fully saturated rings. The van der Waals surface area contributed by atoms with Crippen LogP contribution in [-0.4, -0.2) is 19.6 Å². The predicted molar refractivity (Wildman–Crippen MR) is 84.5 cm³/mol. The standard InChI is InChI=1S/C17H20N2O2/c1-13-7-3-5-9-15(13)19-17(20)12-21-16-10-6-4-8-14(16)11-18-2/h3-10,18H,11-12H2,1-2H3,(H,19,20). The molecule has 0 aliphatic rings. The van der Waals surface area contributed by atoms with Gasteiger partial charge in [0.2, 0.25) is 0 Å². The molecule has 2 aromatic carbocycles. The van der Waals surface area contributed by atoms with E-state index in [-0.39, 0.29) is 12.5 Å². The quantitative estimate of drug-likeness (QED) is 0.857. The molecule has 0 saturated heterocycles. The van der Waals surface area contributed by atoms with Crippen LogP contribution in [-0.2, 0) is 11.3 Å². The minimum Gasteiger partial charge on any atom is -0.483 e. The number of hydrogen-bond acceptors (Lipinski definition) is 3. The van der Waals surface area contributed by atoms with E-state index in [2.05, 4.69) is 10.6 Å². The number of para-hydroxylation sites is 2. The minimum atomic E-state index is -0.163. The van der Waals surface area contributed by atoms with Gasteiger partial charge in [-0.2, -0.15) is 0 Å². The van der Waals surface area contributed by atoms with E-state index < -0.39 is 0 Å². The number of aryl methyl sites for hydroxylation is 1. The number of nitrogens with one attached hydrogen (secondary N) is 2. The summed E-state index contributed by atoms with van der Waals surface area (Å²) < 4.78 is 5.61. The second-order valence-corrected chi connectivity index (χ2v) is 4.79. The average Bonchev–Trinajstić information content (AvgIpc) is 2.49. The van der Waals surface area contributed by atoms with E-state index in [1.54, 1.807) is 0 Å². The first-order valence-electron chi connectivity index (χ1n) is 6.91. The number of benzene rings is 2. The van der Waals surface area contributed by atoms with Crippen LogP contribution < -0.4 is 15.4 Å². The molecule has 0 bridgehead atoms. The number of amides is 1. The van der Waals surface area contributed by atoms with Gasteiger partial charge in [0.15, 0.2) is 6.61 Å². The lowest BCUT2D eigenvalue weighted by molar-refractivity contribution is -0.118. The molecule has 110 valence electrons. The molecular weight excluding hydrogens is 264 g/mol. The first kappa shape index (κ1) is 15.1. The van der Waals surface area contributed by atoms with Gasteiger partial charge in [0, 0.05) is 17.8 Å². The molecule has 0 saturated carbocycles. The van der Waals surface area contributed by atoms with Crippen LogP contribution in [0.5, 0.6) is 5.75 Å². The smallest absolute Gasteiger partial charge is 0.262 e. The lowest BCUT2D eigenvalue weighted by Crippen LogP contribution is -2.21. The summed E-state index contributed by atoms with van der Waals surface area (Å²) in [5.41, 5.74) is 2.87. The Morgan fingerprint density at radius 2 is 1.81 bits per heavy atom. The lowest BCUT2D eigenvalue weighted by Gasteiger charge is -2.12. The minimum absolute atomic E-state index is 0.00490. The molecule has 4 heteroatoms. The van der Waals surface area contributed by atoms with Crippen LogP contribution in [0, 0.1) is 6.92 Å². The topological polar surface area (TPSA) is 50.4 Å². The van der Waals surface area contributed by atoms with Gasteiger partial charge < -0.3 is 15.4 Å². The zero-order chi connectivity index (χ0) is 15.1. The van der Waals surface area contributed by atoms with Crippen molar-refractivity contribution in [1.82, 2.24) is 5.32 Å². The van der Waals surface area contributed by atoms with E-state index in [0.717, 1.165) is 22.6 Å². The van der Waals surface area contributed by atoms with E-state index in [0.29, 0.717) is 6.54 Å². The number of carbonyl (C=O) groups is 1. The molecule has 4 nitrogen and oxygen atoms in total. The zero-order valence-electron chi connectivity index (χ0n) is 12.3. The molecule has 0 heterocycles. The van der Waals surface area contributed by atoms with Gasteiger partial charge >= 0.3 is 0 Å². The Kier molecular flexibility index (Phi) is 5.35. The highest BCUT2D eigenvalue weighted by Crippen LogP contribution is 2.18. The zero-order valence-corrected chi connectivity index (χ0v) is 12.3. The van der Waals surface area contributed by atoms with Crippen LogP contribution in [0.2, 0.25) is 0 Å². The maximum atomic E-state index is 12.0. The molecule has 2 aromatic rings. The van der Waals surface area contributed by atoms with E-state index in [9.17, 15) is 4.79 Å². The first-order valence-corrected chi connectivity index (χ1v) is 6.91. The second kappa shape index (κ2) is 7.45. The SMILES string of the molecule is CNCc1ccccc1OCC(=O)Nc1ccccc1C. The van der Waals surface area contributed by atoms with Crippen molar-refractivity contribution in [2.45, 2.75) is 13.5 Å². The maximum absolute atomic E-state index is 12.0. The molecule has 0 aromatic heterocycles. The van der Waals surface area contributed by atoms with Gasteiger partial charge in [0.05, 0.1) is 0 Å². The van der Waals surface area contributed by atoms with Crippen molar-refractivity contribution in [3.05, 3.63) is 59.7 Å². The highest BCUT2D eigenvalue weighted by Gasteiger charge is 2.07. The van der Waals surface area contributed by atoms with Crippen molar-refractivity contribution in [3.8, 4) is 5.75 Å². The highest BCUT2D eigenvalue weighted by atomic mass is 16.5. The Morgan fingerprint density at radius 3 is 2.57 bits per heavy atom. The summed E-state index contributed by atoms with van der Waals surface area (Å²) in [5, 5.41) is 5.93. The number of anilines is 1. The Morgan fingerprint density at radius 1 is 1.10 bits per heavy atom. The summed E-state index contributed by atoms with van der Waals surface area (Å²) in [6.07, 6.45) is 0. The summed E-state index contributed by atoms with van der Waals surface area (Å²) in [6.45, 7) is 2.66. The van der Waals surface area contributed by atoms with Gasteiger partial charge in [-0.15, -0.1) is 0 Å². The first-order chi connectivity index (χ1) is 10.2. The predicted octanol–water partition coefficient (Wildman–Crippen LogP) is 2.73. The summed E-state index contributed by atoms with van der Waals surface area (Å²) >= 11 is 0. The summed E-state index contributed by atoms with van der Waals surface area (Å²) in [7, 11) is 1.88. The van der Waals surface area contributed by atoms with Gasteiger partial charge in [0.25, 0.3) is 5.91 Å². The van der Waals surface area contributed by atoms with E-state index >= 15 is 0 Å². The fraction of sp³-hybridized carbons (Fsp3) is 0.235. The van der Waals surface area contributed by atoms with Crippen LogP contribution >= 0.6 is 0 Å². The average molecular weight is 284 g/mol. The molecular formula is C17H20N2O2. The third kappa shape index (κ3) is 4.33. The van der Waals surface area contributed by atoms with Crippen LogP contribution in [0.25, 0.3) is 0 Å². The third-order valence-electron chi connectivity index (χ3n) is 3.12. The van der Waals surface area contributed by atoms with E-state index in [4.69, 9.17) is 4.74 Å². The molecule has 21 heavy (non-hydrogen) atoms. The Bertz CT molecular complexity index is 611. The summed E-state index contributed by atoms with van der Waals surface area (Å²) in [6, 6.07) is 15.4. The normalized spacial score (nSPS) is 10.2. The molecule has 2 rings (SSSR count).